The van der Waals surface area contributed by atoms with Crippen LogP contribution in [0.3, 0.4) is 0 Å². The van der Waals surface area contributed by atoms with Crippen molar-refractivity contribution in [2.45, 2.75) is 52.0 Å². The molecule has 1 nitrogen and oxygen atoms in total. The van der Waals surface area contributed by atoms with Crippen LogP contribution in [-0.2, 0) is 0 Å². The molecule has 1 aromatic carbocycles. The van der Waals surface area contributed by atoms with Gasteiger partial charge in [-0.3, -0.25) is 0 Å². The van der Waals surface area contributed by atoms with Crippen molar-refractivity contribution in [2.75, 3.05) is 6.54 Å². The molecule has 98 valence electrons. The van der Waals surface area contributed by atoms with E-state index >= 15 is 0 Å². The summed E-state index contributed by atoms with van der Waals surface area (Å²) in [6.07, 6.45) is 7.10. The Kier molecular flexibility index (Phi) is 3.19. The van der Waals surface area contributed by atoms with Crippen molar-refractivity contribution in [1.82, 2.24) is 5.32 Å². The van der Waals surface area contributed by atoms with Crippen molar-refractivity contribution in [2.24, 2.45) is 11.3 Å². The second-order valence-electron chi connectivity index (χ2n) is 6.39. The van der Waals surface area contributed by atoms with E-state index in [1.54, 1.807) is 0 Å². The highest BCUT2D eigenvalue weighted by atomic mass is 14.9. The summed E-state index contributed by atoms with van der Waals surface area (Å²) < 4.78 is 0. The lowest BCUT2D eigenvalue weighted by Crippen LogP contribution is -2.29. The third-order valence-electron chi connectivity index (χ3n) is 4.92. The van der Waals surface area contributed by atoms with Crippen LogP contribution in [0.25, 0.3) is 0 Å². The van der Waals surface area contributed by atoms with Crippen LogP contribution in [0.1, 0.15) is 56.2 Å². The number of rotatable bonds is 6. The third-order valence-corrected chi connectivity index (χ3v) is 4.92. The molecular formula is C17H25N. The first-order valence-corrected chi connectivity index (χ1v) is 7.53. The van der Waals surface area contributed by atoms with Gasteiger partial charge in [-0.2, -0.15) is 0 Å². The second-order valence-corrected chi connectivity index (χ2v) is 6.39. The van der Waals surface area contributed by atoms with E-state index in [2.05, 4.69) is 43.4 Å². The van der Waals surface area contributed by atoms with Crippen LogP contribution in [0.2, 0.25) is 0 Å². The quantitative estimate of drug-likeness (QED) is 0.788. The Morgan fingerprint density at radius 2 is 1.89 bits per heavy atom. The molecule has 2 aliphatic carbocycles. The maximum atomic E-state index is 3.83. The zero-order valence-electron chi connectivity index (χ0n) is 11.7. The predicted molar refractivity (Wildman–Crippen MR) is 76.6 cm³/mol. The summed E-state index contributed by atoms with van der Waals surface area (Å²) in [5.74, 6) is 1.06. The second kappa shape index (κ2) is 4.70. The highest BCUT2D eigenvalue weighted by Crippen LogP contribution is 2.61. The zero-order valence-corrected chi connectivity index (χ0v) is 11.7. The highest BCUT2D eigenvalue weighted by Gasteiger charge is 2.53. The van der Waals surface area contributed by atoms with Gasteiger partial charge in [-0.15, -0.1) is 0 Å². The molecule has 0 amide bonds. The van der Waals surface area contributed by atoms with Crippen LogP contribution in [0.15, 0.2) is 24.3 Å². The predicted octanol–water partition coefficient (Wildman–Crippen LogP) is 4.23. The fourth-order valence-electron chi connectivity index (χ4n) is 3.21. The smallest absolute Gasteiger partial charge is 0.0317 e. The molecule has 3 rings (SSSR count). The van der Waals surface area contributed by atoms with Crippen molar-refractivity contribution in [3.8, 4) is 0 Å². The Balaban J connectivity index is 1.60. The normalized spacial score (nSPS) is 22.8. The Bertz CT molecular complexity index is 398. The largest absolute Gasteiger partial charge is 0.309 e. The summed E-state index contributed by atoms with van der Waals surface area (Å²) in [4.78, 5) is 0. The van der Waals surface area contributed by atoms with Gasteiger partial charge in [-0.25, -0.2) is 0 Å². The van der Waals surface area contributed by atoms with Gasteiger partial charge in [0.05, 0.1) is 0 Å². The van der Waals surface area contributed by atoms with Gasteiger partial charge in [0.25, 0.3) is 0 Å². The van der Waals surface area contributed by atoms with E-state index in [1.165, 1.54) is 49.8 Å². The van der Waals surface area contributed by atoms with Gasteiger partial charge in [-0.1, -0.05) is 36.8 Å². The summed E-state index contributed by atoms with van der Waals surface area (Å²) in [5.41, 5.74) is 3.51. The molecule has 0 aromatic heterocycles. The zero-order chi connectivity index (χ0) is 12.6. The average Bonchev–Trinajstić information content (AvgIpc) is 3.25. The lowest BCUT2D eigenvalue weighted by atomic mass is 9.98. The van der Waals surface area contributed by atoms with Gasteiger partial charge in [0.1, 0.15) is 0 Å². The minimum Gasteiger partial charge on any atom is -0.309 e. The van der Waals surface area contributed by atoms with E-state index in [4.69, 9.17) is 0 Å². The van der Waals surface area contributed by atoms with Crippen LogP contribution in [-0.4, -0.2) is 6.54 Å². The summed E-state index contributed by atoms with van der Waals surface area (Å²) >= 11 is 0. The monoisotopic (exact) mass is 243 g/mol. The number of aryl methyl sites for hydroxylation is 1. The summed E-state index contributed by atoms with van der Waals surface area (Å²) in [6.45, 7) is 5.68. The van der Waals surface area contributed by atoms with Gasteiger partial charge in [0.15, 0.2) is 0 Å². The Labute approximate surface area is 111 Å². The number of hydrogen-bond acceptors (Lipinski definition) is 1. The molecule has 0 radical (unpaired) electrons. The van der Waals surface area contributed by atoms with Crippen LogP contribution in [0, 0.1) is 18.3 Å². The van der Waals surface area contributed by atoms with Gasteiger partial charge in [0, 0.05) is 12.6 Å². The topological polar surface area (TPSA) is 12.0 Å². The van der Waals surface area contributed by atoms with Gasteiger partial charge < -0.3 is 5.32 Å². The lowest BCUT2D eigenvalue weighted by molar-refractivity contribution is 0.370. The fourth-order valence-corrected chi connectivity index (χ4v) is 3.21. The maximum Gasteiger partial charge on any atom is 0.0317 e. The first-order valence-electron chi connectivity index (χ1n) is 7.53. The van der Waals surface area contributed by atoms with E-state index < -0.39 is 0 Å². The van der Waals surface area contributed by atoms with Crippen molar-refractivity contribution >= 4 is 0 Å². The number of nitrogens with one attached hydrogen (secondary N) is 1. The van der Waals surface area contributed by atoms with Crippen LogP contribution in [0.4, 0.5) is 0 Å². The molecule has 2 fully saturated rings. The molecule has 1 N–H and O–H groups in total. The minimum absolute atomic E-state index is 0.543. The molecule has 0 spiro atoms. The molecule has 2 aliphatic rings. The van der Waals surface area contributed by atoms with E-state index in [0.29, 0.717) is 11.5 Å². The molecule has 18 heavy (non-hydrogen) atoms. The number of hydrogen-bond donors (Lipinski definition) is 1. The van der Waals surface area contributed by atoms with Crippen molar-refractivity contribution < 1.29 is 0 Å². The molecule has 0 bridgehead atoms. The standard InChI is InChI=1S/C17H25N/c1-3-16(14-6-4-13(2)5-7-14)18-12-17(10-11-17)15-8-9-15/h4-7,15-16,18H,3,8-12H2,1-2H3. The molecule has 1 aromatic rings. The molecule has 1 atom stereocenters. The first-order chi connectivity index (χ1) is 8.73. The maximum absolute atomic E-state index is 3.83. The fraction of sp³-hybridized carbons (Fsp3) is 0.647. The average molecular weight is 243 g/mol. The Hall–Kier alpha value is -0.820. The van der Waals surface area contributed by atoms with Crippen molar-refractivity contribution in [3.05, 3.63) is 35.4 Å². The molecule has 1 unspecified atom stereocenters. The lowest BCUT2D eigenvalue weighted by Gasteiger charge is -2.22. The summed E-state index contributed by atoms with van der Waals surface area (Å²) in [6, 6.07) is 9.57. The van der Waals surface area contributed by atoms with Crippen LogP contribution < -0.4 is 5.32 Å². The van der Waals surface area contributed by atoms with E-state index in [0.717, 1.165) is 5.92 Å². The number of benzene rings is 1. The van der Waals surface area contributed by atoms with Crippen molar-refractivity contribution in [1.29, 1.82) is 0 Å². The molecule has 2 saturated carbocycles. The Morgan fingerprint density at radius 3 is 2.39 bits per heavy atom. The summed E-state index contributed by atoms with van der Waals surface area (Å²) in [5, 5.41) is 3.83. The molecule has 1 heteroatoms. The SMILES string of the molecule is CCC(NCC1(C2CC2)CC1)c1ccc(C)cc1. The first kappa shape index (κ1) is 12.2. The van der Waals surface area contributed by atoms with Crippen molar-refractivity contribution in [3.63, 3.8) is 0 Å². The van der Waals surface area contributed by atoms with Gasteiger partial charge in [-0.05, 0) is 55.9 Å². The molecular weight excluding hydrogens is 218 g/mol. The van der Waals surface area contributed by atoms with Gasteiger partial charge >= 0.3 is 0 Å². The molecule has 0 saturated heterocycles. The van der Waals surface area contributed by atoms with Crippen LogP contribution in [0.5, 0.6) is 0 Å². The van der Waals surface area contributed by atoms with Crippen LogP contribution >= 0.6 is 0 Å². The third kappa shape index (κ3) is 2.47. The Morgan fingerprint density at radius 1 is 1.22 bits per heavy atom. The highest BCUT2D eigenvalue weighted by molar-refractivity contribution is 5.24. The van der Waals surface area contributed by atoms with E-state index in [9.17, 15) is 0 Å². The van der Waals surface area contributed by atoms with E-state index in [-0.39, 0.29) is 0 Å². The minimum atomic E-state index is 0.543. The molecule has 0 heterocycles. The summed E-state index contributed by atoms with van der Waals surface area (Å²) in [7, 11) is 0. The molecule has 0 aliphatic heterocycles. The van der Waals surface area contributed by atoms with E-state index in [1.807, 2.05) is 0 Å². The van der Waals surface area contributed by atoms with Gasteiger partial charge in [0.2, 0.25) is 0 Å².